The Morgan fingerprint density at radius 2 is 1.89 bits per heavy atom. The molecule has 0 aromatic rings. The Kier molecular flexibility index (Phi) is 4.32. The maximum Gasteiger partial charge on any atom is 0.325 e. The minimum atomic E-state index is -0.884. The summed E-state index contributed by atoms with van der Waals surface area (Å²) in [5.41, 5.74) is -0.884. The van der Waals surface area contributed by atoms with Crippen molar-refractivity contribution in [1.29, 1.82) is 0 Å². The molecule has 0 aromatic heterocycles. The van der Waals surface area contributed by atoms with Gasteiger partial charge in [-0.25, -0.2) is 4.79 Å². The van der Waals surface area contributed by atoms with Crippen molar-refractivity contribution >= 4 is 17.8 Å². The Morgan fingerprint density at radius 3 is 2.33 bits per heavy atom. The number of rotatable bonds is 5. The molecule has 1 aliphatic rings. The van der Waals surface area contributed by atoms with Crippen molar-refractivity contribution in [2.24, 2.45) is 0 Å². The molecule has 6 nitrogen and oxygen atoms in total. The fraction of sp³-hybridized carbons (Fsp3) is 0.750. The van der Waals surface area contributed by atoms with Crippen LogP contribution in [0.5, 0.6) is 0 Å². The largest absolute Gasteiger partial charge is 0.352 e. The summed E-state index contributed by atoms with van der Waals surface area (Å²) in [7, 11) is 0. The Bertz CT molecular complexity index is 362. The molecule has 4 amide bonds. The summed E-state index contributed by atoms with van der Waals surface area (Å²) in [4.78, 5) is 36.7. The van der Waals surface area contributed by atoms with E-state index in [2.05, 4.69) is 10.6 Å². The molecule has 0 atom stereocenters. The number of nitrogens with zero attached hydrogens (tertiary/aromatic N) is 1. The van der Waals surface area contributed by atoms with Gasteiger partial charge in [-0.1, -0.05) is 13.8 Å². The zero-order valence-electron chi connectivity index (χ0n) is 11.4. The molecule has 102 valence electrons. The van der Waals surface area contributed by atoms with Crippen molar-refractivity contribution in [2.45, 2.75) is 52.1 Å². The fourth-order valence-electron chi connectivity index (χ4n) is 2.29. The summed E-state index contributed by atoms with van der Waals surface area (Å²) in [6.07, 6.45) is 0.992. The highest BCUT2D eigenvalue weighted by atomic mass is 16.2. The Hall–Kier alpha value is -1.59. The van der Waals surface area contributed by atoms with E-state index in [-0.39, 0.29) is 24.4 Å². The van der Waals surface area contributed by atoms with Gasteiger partial charge >= 0.3 is 6.03 Å². The zero-order chi connectivity index (χ0) is 13.9. The Balaban J connectivity index is 2.87. The van der Waals surface area contributed by atoms with Gasteiger partial charge in [0.15, 0.2) is 0 Å². The minimum absolute atomic E-state index is 0.0107. The first-order chi connectivity index (χ1) is 8.37. The van der Waals surface area contributed by atoms with Crippen LogP contribution >= 0.6 is 0 Å². The van der Waals surface area contributed by atoms with E-state index in [9.17, 15) is 14.4 Å². The highest BCUT2D eigenvalue weighted by Gasteiger charge is 2.50. The van der Waals surface area contributed by atoms with E-state index in [1.807, 2.05) is 27.7 Å². The van der Waals surface area contributed by atoms with Crippen LogP contribution in [0.4, 0.5) is 4.79 Å². The summed E-state index contributed by atoms with van der Waals surface area (Å²) >= 11 is 0. The molecule has 1 saturated heterocycles. The van der Waals surface area contributed by atoms with Crippen molar-refractivity contribution < 1.29 is 14.4 Å². The predicted molar refractivity (Wildman–Crippen MR) is 66.8 cm³/mol. The highest BCUT2D eigenvalue weighted by Crippen LogP contribution is 2.28. The number of imide groups is 1. The summed E-state index contributed by atoms with van der Waals surface area (Å²) in [5.74, 6) is -0.559. The maximum absolute atomic E-state index is 11.9. The molecule has 0 spiro atoms. The van der Waals surface area contributed by atoms with Crippen LogP contribution < -0.4 is 10.6 Å². The first-order valence-corrected chi connectivity index (χ1v) is 6.29. The Morgan fingerprint density at radius 1 is 1.33 bits per heavy atom. The van der Waals surface area contributed by atoms with Gasteiger partial charge in [0, 0.05) is 6.04 Å². The van der Waals surface area contributed by atoms with E-state index in [0.717, 1.165) is 0 Å². The topological polar surface area (TPSA) is 78.5 Å². The van der Waals surface area contributed by atoms with Crippen molar-refractivity contribution in [3.05, 3.63) is 0 Å². The second kappa shape index (κ2) is 5.37. The molecule has 0 saturated carbocycles. The molecule has 0 aromatic carbocycles. The van der Waals surface area contributed by atoms with Gasteiger partial charge in [0.1, 0.15) is 12.1 Å². The van der Waals surface area contributed by atoms with Crippen molar-refractivity contribution in [3.63, 3.8) is 0 Å². The van der Waals surface area contributed by atoms with E-state index in [4.69, 9.17) is 0 Å². The molecular formula is C12H21N3O3. The normalized spacial score (nSPS) is 18.2. The molecule has 6 heteroatoms. The van der Waals surface area contributed by atoms with Gasteiger partial charge in [0.25, 0.3) is 5.91 Å². The van der Waals surface area contributed by atoms with E-state index >= 15 is 0 Å². The van der Waals surface area contributed by atoms with Crippen LogP contribution in [0.25, 0.3) is 0 Å². The number of urea groups is 1. The molecule has 18 heavy (non-hydrogen) atoms. The number of nitrogens with one attached hydrogen (secondary N) is 2. The molecule has 1 fully saturated rings. The molecule has 2 N–H and O–H groups in total. The Labute approximate surface area is 107 Å². The third kappa shape index (κ3) is 2.47. The van der Waals surface area contributed by atoms with Crippen LogP contribution in [0, 0.1) is 0 Å². The molecule has 0 unspecified atom stereocenters. The van der Waals surface area contributed by atoms with Crippen molar-refractivity contribution in [2.75, 3.05) is 6.54 Å². The average Bonchev–Trinajstić information content (AvgIpc) is 2.50. The molecule has 1 aliphatic heterocycles. The van der Waals surface area contributed by atoms with Gasteiger partial charge in [-0.15, -0.1) is 0 Å². The van der Waals surface area contributed by atoms with Crippen LogP contribution in [0.2, 0.25) is 0 Å². The summed E-state index contributed by atoms with van der Waals surface area (Å²) < 4.78 is 0. The van der Waals surface area contributed by atoms with Crippen molar-refractivity contribution in [3.8, 4) is 0 Å². The second-order valence-corrected chi connectivity index (χ2v) is 4.81. The number of carbonyl (C=O) groups is 3. The van der Waals surface area contributed by atoms with Gasteiger partial charge in [0.05, 0.1) is 0 Å². The van der Waals surface area contributed by atoms with Crippen LogP contribution in [-0.2, 0) is 9.59 Å². The lowest BCUT2D eigenvalue weighted by atomic mass is 9.91. The lowest BCUT2D eigenvalue weighted by Crippen LogP contribution is -2.52. The molecular weight excluding hydrogens is 234 g/mol. The fourth-order valence-corrected chi connectivity index (χ4v) is 2.29. The van der Waals surface area contributed by atoms with Gasteiger partial charge in [-0.05, 0) is 26.7 Å². The molecule has 0 radical (unpaired) electrons. The van der Waals surface area contributed by atoms with Gasteiger partial charge in [-0.2, -0.15) is 0 Å². The third-order valence-corrected chi connectivity index (χ3v) is 3.33. The van der Waals surface area contributed by atoms with Gasteiger partial charge in [0.2, 0.25) is 5.91 Å². The third-order valence-electron chi connectivity index (χ3n) is 3.33. The van der Waals surface area contributed by atoms with Crippen LogP contribution in [-0.4, -0.2) is 40.9 Å². The highest BCUT2D eigenvalue weighted by molar-refractivity contribution is 6.08. The number of carbonyl (C=O) groups excluding carboxylic acids is 3. The smallest absolute Gasteiger partial charge is 0.325 e. The van der Waals surface area contributed by atoms with Crippen LogP contribution in [0.15, 0.2) is 0 Å². The number of hydrogen-bond donors (Lipinski definition) is 2. The quantitative estimate of drug-likeness (QED) is 0.707. The van der Waals surface area contributed by atoms with E-state index in [1.165, 1.54) is 4.90 Å². The standard InChI is InChI=1S/C12H21N3O3/c1-5-12(6-2)10(17)14-11(18)15(12)7-9(16)13-8(3)4/h8H,5-7H2,1-4H3,(H,13,16)(H,14,17,18). The second-order valence-electron chi connectivity index (χ2n) is 4.81. The summed E-state index contributed by atoms with van der Waals surface area (Å²) in [6, 6.07) is -0.473. The molecule has 1 rings (SSSR count). The minimum Gasteiger partial charge on any atom is -0.352 e. The van der Waals surface area contributed by atoms with E-state index in [1.54, 1.807) is 0 Å². The SMILES string of the molecule is CCC1(CC)C(=O)NC(=O)N1CC(=O)NC(C)C. The molecule has 1 heterocycles. The van der Waals surface area contributed by atoms with Crippen LogP contribution in [0.3, 0.4) is 0 Å². The predicted octanol–water partition coefficient (Wildman–Crippen LogP) is 0.622. The monoisotopic (exact) mass is 255 g/mol. The van der Waals surface area contributed by atoms with Crippen LogP contribution in [0.1, 0.15) is 40.5 Å². The molecule has 0 aliphatic carbocycles. The number of hydrogen-bond acceptors (Lipinski definition) is 3. The van der Waals surface area contributed by atoms with Gasteiger partial charge < -0.3 is 10.2 Å². The van der Waals surface area contributed by atoms with E-state index < -0.39 is 11.6 Å². The lowest BCUT2D eigenvalue weighted by Gasteiger charge is -2.33. The first kappa shape index (κ1) is 14.5. The average molecular weight is 255 g/mol. The zero-order valence-corrected chi connectivity index (χ0v) is 11.4. The summed E-state index contributed by atoms with van der Waals surface area (Å²) in [5, 5.41) is 5.01. The lowest BCUT2D eigenvalue weighted by molar-refractivity contribution is -0.129. The van der Waals surface area contributed by atoms with E-state index in [0.29, 0.717) is 12.8 Å². The maximum atomic E-state index is 11.9. The molecule has 0 bridgehead atoms. The van der Waals surface area contributed by atoms with Gasteiger partial charge in [-0.3, -0.25) is 14.9 Å². The summed E-state index contributed by atoms with van der Waals surface area (Å²) in [6.45, 7) is 7.29. The first-order valence-electron chi connectivity index (χ1n) is 6.29. The van der Waals surface area contributed by atoms with Crippen molar-refractivity contribution in [1.82, 2.24) is 15.5 Å². The number of amides is 4.